The van der Waals surface area contributed by atoms with Gasteiger partial charge in [-0.15, -0.1) is 0 Å². The molecule has 0 bridgehead atoms. The predicted molar refractivity (Wildman–Crippen MR) is 120 cm³/mol. The maximum absolute atomic E-state index is 12.7. The van der Waals surface area contributed by atoms with Gasteiger partial charge in [-0.05, 0) is 38.1 Å². The van der Waals surface area contributed by atoms with Gasteiger partial charge in [0.05, 0.1) is 16.4 Å². The van der Waals surface area contributed by atoms with Crippen LogP contribution in [0.25, 0.3) is 0 Å². The highest BCUT2D eigenvalue weighted by Gasteiger charge is 2.49. The summed E-state index contributed by atoms with van der Waals surface area (Å²) in [5.74, 6) is -0.896. The molecule has 0 spiro atoms. The minimum atomic E-state index is -4.46. The monoisotopic (exact) mass is 530 g/mol. The summed E-state index contributed by atoms with van der Waals surface area (Å²) in [5.41, 5.74) is 1.62. The lowest BCUT2D eigenvalue weighted by molar-refractivity contribution is -0.284. The SMILES string of the molecule is CC(=O)OC1O[C@H](COS(=O)(=O)c2ccc(C)cc2)[C@@H](O)[C@H](O)[C@H]1OS(=O)(=O)c1ccc(C)cc1. The Kier molecular flexibility index (Phi) is 8.32. The summed E-state index contributed by atoms with van der Waals surface area (Å²) in [6, 6.07) is 11.4. The maximum atomic E-state index is 12.7. The molecule has 2 aromatic rings. The van der Waals surface area contributed by atoms with E-state index >= 15 is 0 Å². The Bertz CT molecular complexity index is 1240. The van der Waals surface area contributed by atoms with Crippen molar-refractivity contribution in [2.75, 3.05) is 6.61 Å². The van der Waals surface area contributed by atoms with Gasteiger partial charge in [-0.1, -0.05) is 35.4 Å². The van der Waals surface area contributed by atoms with Gasteiger partial charge in [0.25, 0.3) is 20.2 Å². The third-order valence-electron chi connectivity index (χ3n) is 5.17. The fourth-order valence-electron chi connectivity index (χ4n) is 3.24. The summed E-state index contributed by atoms with van der Waals surface area (Å²) in [6.07, 6.45) is -8.92. The number of ether oxygens (including phenoxy) is 2. The number of carbonyl (C=O) groups is 1. The lowest BCUT2D eigenvalue weighted by atomic mass is 9.99. The van der Waals surface area contributed by atoms with Gasteiger partial charge in [0.1, 0.15) is 18.3 Å². The Hall–Kier alpha value is -2.39. The Balaban J connectivity index is 1.78. The molecule has 192 valence electrons. The molecule has 0 aliphatic carbocycles. The summed E-state index contributed by atoms with van der Waals surface area (Å²) >= 11 is 0. The van der Waals surface area contributed by atoms with E-state index in [1.165, 1.54) is 36.4 Å². The number of aliphatic hydroxyl groups excluding tert-OH is 2. The molecule has 1 saturated heterocycles. The average Bonchev–Trinajstić information content (AvgIpc) is 2.78. The predicted octanol–water partition coefficient (Wildman–Crippen LogP) is 0.793. The van der Waals surface area contributed by atoms with E-state index in [-0.39, 0.29) is 9.79 Å². The van der Waals surface area contributed by atoms with Crippen LogP contribution in [-0.2, 0) is 42.9 Å². The van der Waals surface area contributed by atoms with Crippen molar-refractivity contribution in [2.45, 2.75) is 61.3 Å². The van der Waals surface area contributed by atoms with Crippen molar-refractivity contribution in [1.82, 2.24) is 0 Å². The summed E-state index contributed by atoms with van der Waals surface area (Å²) in [4.78, 5) is 11.2. The minimum Gasteiger partial charge on any atom is -0.433 e. The number of esters is 1. The molecule has 1 aliphatic rings. The molecule has 0 saturated carbocycles. The zero-order valence-corrected chi connectivity index (χ0v) is 20.7. The summed E-state index contributed by atoms with van der Waals surface area (Å²) in [6.45, 7) is 3.78. The molecule has 0 amide bonds. The molecule has 5 atom stereocenters. The standard InChI is InChI=1S/C22H26O11S2/c1-13-4-8-16(9-5-13)34(26,27)30-12-18-19(24)20(25)21(22(32-18)31-15(3)23)33-35(28,29)17-10-6-14(2)7-11-17/h4-11,18-22,24-25H,12H2,1-3H3/t18-,19-,20+,21-,22?/m1/s1. The van der Waals surface area contributed by atoms with E-state index in [1.54, 1.807) is 26.0 Å². The third-order valence-corrected chi connectivity index (χ3v) is 7.79. The van der Waals surface area contributed by atoms with Crippen molar-refractivity contribution in [2.24, 2.45) is 0 Å². The van der Waals surface area contributed by atoms with Gasteiger partial charge in [0, 0.05) is 6.92 Å². The van der Waals surface area contributed by atoms with Crippen LogP contribution in [0, 0.1) is 13.8 Å². The second kappa shape index (κ2) is 10.7. The van der Waals surface area contributed by atoms with Gasteiger partial charge in [0.15, 0.2) is 6.10 Å². The topological polar surface area (TPSA) is 163 Å². The molecule has 0 radical (unpaired) electrons. The van der Waals surface area contributed by atoms with Gasteiger partial charge in [-0.3, -0.25) is 13.2 Å². The Morgan fingerprint density at radius 2 is 1.34 bits per heavy atom. The highest BCUT2D eigenvalue weighted by atomic mass is 32.2. The van der Waals surface area contributed by atoms with Gasteiger partial charge in [0.2, 0.25) is 6.29 Å². The first kappa shape index (κ1) is 27.2. The molecule has 1 heterocycles. The van der Waals surface area contributed by atoms with E-state index in [2.05, 4.69) is 0 Å². The molecule has 1 unspecified atom stereocenters. The van der Waals surface area contributed by atoms with E-state index in [0.717, 1.165) is 18.1 Å². The van der Waals surface area contributed by atoms with Crippen LogP contribution < -0.4 is 0 Å². The first-order valence-corrected chi connectivity index (χ1v) is 13.3. The number of carbonyl (C=O) groups excluding carboxylic acids is 1. The highest BCUT2D eigenvalue weighted by Crippen LogP contribution is 2.29. The van der Waals surface area contributed by atoms with E-state index in [9.17, 15) is 31.8 Å². The molecule has 35 heavy (non-hydrogen) atoms. The lowest BCUT2D eigenvalue weighted by Crippen LogP contribution is -2.60. The Morgan fingerprint density at radius 1 is 0.857 bits per heavy atom. The van der Waals surface area contributed by atoms with Crippen LogP contribution in [0.2, 0.25) is 0 Å². The van der Waals surface area contributed by atoms with Crippen molar-refractivity contribution in [3.63, 3.8) is 0 Å². The quantitative estimate of drug-likeness (QED) is 0.366. The number of rotatable bonds is 8. The zero-order valence-electron chi connectivity index (χ0n) is 19.1. The second-order valence-electron chi connectivity index (χ2n) is 8.01. The normalized spacial score (nSPS) is 25.2. The first-order valence-electron chi connectivity index (χ1n) is 10.4. The number of aryl methyl sites for hydroxylation is 2. The Morgan fingerprint density at radius 3 is 1.83 bits per heavy atom. The van der Waals surface area contributed by atoms with Crippen molar-refractivity contribution >= 4 is 26.2 Å². The van der Waals surface area contributed by atoms with Gasteiger partial charge in [-0.2, -0.15) is 16.8 Å². The molecule has 13 heteroatoms. The fraction of sp³-hybridized carbons (Fsp3) is 0.409. The van der Waals surface area contributed by atoms with Gasteiger partial charge >= 0.3 is 5.97 Å². The van der Waals surface area contributed by atoms with Crippen LogP contribution in [-0.4, -0.2) is 70.3 Å². The second-order valence-corrected chi connectivity index (χ2v) is 11.2. The number of hydrogen-bond acceptors (Lipinski definition) is 11. The first-order chi connectivity index (χ1) is 16.3. The molecule has 0 aromatic heterocycles. The summed E-state index contributed by atoms with van der Waals surface area (Å²) in [7, 11) is -8.71. The largest absolute Gasteiger partial charge is 0.433 e. The van der Waals surface area contributed by atoms with Crippen molar-refractivity contribution in [1.29, 1.82) is 0 Å². The van der Waals surface area contributed by atoms with Crippen LogP contribution in [0.1, 0.15) is 18.1 Å². The number of benzene rings is 2. The van der Waals surface area contributed by atoms with E-state index < -0.39 is 63.5 Å². The van der Waals surface area contributed by atoms with E-state index in [0.29, 0.717) is 0 Å². The fourth-order valence-corrected chi connectivity index (χ4v) is 5.24. The smallest absolute Gasteiger partial charge is 0.305 e. The van der Waals surface area contributed by atoms with Crippen molar-refractivity contribution in [3.8, 4) is 0 Å². The van der Waals surface area contributed by atoms with Gasteiger partial charge < -0.3 is 19.7 Å². The van der Waals surface area contributed by atoms with E-state index in [1.807, 2.05) is 0 Å². The van der Waals surface area contributed by atoms with Crippen molar-refractivity contribution < 1.29 is 49.7 Å². The molecule has 3 rings (SSSR count). The lowest BCUT2D eigenvalue weighted by Gasteiger charge is -2.40. The van der Waals surface area contributed by atoms with Crippen LogP contribution in [0.4, 0.5) is 0 Å². The van der Waals surface area contributed by atoms with E-state index in [4.69, 9.17) is 17.8 Å². The van der Waals surface area contributed by atoms with Gasteiger partial charge in [-0.25, -0.2) is 0 Å². The molecule has 2 aromatic carbocycles. The molecule has 11 nitrogen and oxygen atoms in total. The molecule has 2 N–H and O–H groups in total. The summed E-state index contributed by atoms with van der Waals surface area (Å²) < 4.78 is 70.7. The number of hydrogen-bond donors (Lipinski definition) is 2. The molecular formula is C22H26O11S2. The average molecular weight is 531 g/mol. The third kappa shape index (κ3) is 6.64. The van der Waals surface area contributed by atoms with Crippen LogP contribution in [0.3, 0.4) is 0 Å². The highest BCUT2D eigenvalue weighted by molar-refractivity contribution is 7.87. The van der Waals surface area contributed by atoms with Crippen LogP contribution >= 0.6 is 0 Å². The number of aliphatic hydroxyl groups is 2. The molecule has 1 aliphatic heterocycles. The van der Waals surface area contributed by atoms with Crippen LogP contribution in [0.15, 0.2) is 58.3 Å². The van der Waals surface area contributed by atoms with Crippen molar-refractivity contribution in [3.05, 3.63) is 59.7 Å². The molecule has 1 fully saturated rings. The molecular weight excluding hydrogens is 504 g/mol. The summed E-state index contributed by atoms with van der Waals surface area (Å²) in [5, 5.41) is 21.1. The zero-order chi connectivity index (χ0) is 26.0. The minimum absolute atomic E-state index is 0.143. The van der Waals surface area contributed by atoms with Crippen LogP contribution in [0.5, 0.6) is 0 Å². The Labute approximate surface area is 203 Å². The maximum Gasteiger partial charge on any atom is 0.305 e.